The van der Waals surface area contributed by atoms with Crippen molar-refractivity contribution >= 4 is 22.8 Å². The zero-order valence-corrected chi connectivity index (χ0v) is 11.6. The Morgan fingerprint density at radius 1 is 1.30 bits per heavy atom. The summed E-state index contributed by atoms with van der Waals surface area (Å²) in [7, 11) is 0. The molecule has 3 N–H and O–H groups in total. The number of carbonyl (C=O) groups excluding carboxylic acids is 1. The van der Waals surface area contributed by atoms with Crippen molar-refractivity contribution < 1.29 is 14.7 Å². The molecule has 0 fully saturated rings. The summed E-state index contributed by atoms with van der Waals surface area (Å²) in [6.45, 7) is 3.65. The van der Waals surface area contributed by atoms with E-state index in [2.05, 4.69) is 10.3 Å². The maximum absolute atomic E-state index is 12.3. The third kappa shape index (κ3) is 3.17. The molecule has 5 nitrogen and oxygen atoms in total. The van der Waals surface area contributed by atoms with Gasteiger partial charge in [0.05, 0.1) is 0 Å². The lowest BCUT2D eigenvalue weighted by Gasteiger charge is -2.25. The minimum atomic E-state index is -0.861. The highest BCUT2D eigenvalue weighted by atomic mass is 16.4. The minimum absolute atomic E-state index is 0.0294. The number of H-pyrrole nitrogens is 1. The second kappa shape index (κ2) is 5.36. The molecule has 5 heteroatoms. The normalized spacial score (nSPS) is 11.5. The number of benzene rings is 1. The number of amides is 1. The fourth-order valence-electron chi connectivity index (χ4n) is 2.14. The van der Waals surface area contributed by atoms with Crippen LogP contribution in [0.4, 0.5) is 0 Å². The van der Waals surface area contributed by atoms with Crippen LogP contribution in [0.2, 0.25) is 0 Å². The van der Waals surface area contributed by atoms with Crippen molar-refractivity contribution in [2.24, 2.45) is 0 Å². The number of carbonyl (C=O) groups is 2. The van der Waals surface area contributed by atoms with Crippen LogP contribution in [0.5, 0.6) is 0 Å². The molecule has 1 heterocycles. The van der Waals surface area contributed by atoms with E-state index in [9.17, 15) is 9.59 Å². The first kappa shape index (κ1) is 14.1. The number of hydrogen-bond acceptors (Lipinski definition) is 2. The predicted octanol–water partition coefficient (Wildman–Crippen LogP) is 2.54. The Morgan fingerprint density at radius 3 is 2.75 bits per heavy atom. The number of aliphatic carboxylic acids is 1. The lowest BCUT2D eigenvalue weighted by Crippen LogP contribution is -2.43. The van der Waals surface area contributed by atoms with Crippen molar-refractivity contribution in [3.05, 3.63) is 36.0 Å². The van der Waals surface area contributed by atoms with Gasteiger partial charge in [-0.05, 0) is 38.5 Å². The van der Waals surface area contributed by atoms with E-state index in [1.807, 2.05) is 32.0 Å². The van der Waals surface area contributed by atoms with Gasteiger partial charge in [0.25, 0.3) is 5.91 Å². The molecule has 0 bridgehead atoms. The molecule has 1 amide bonds. The van der Waals surface area contributed by atoms with E-state index in [4.69, 9.17) is 5.11 Å². The van der Waals surface area contributed by atoms with Gasteiger partial charge in [0.2, 0.25) is 0 Å². The van der Waals surface area contributed by atoms with Crippen molar-refractivity contribution in [3.8, 4) is 0 Å². The molecule has 0 saturated carbocycles. The first-order chi connectivity index (χ1) is 9.39. The Kier molecular flexibility index (Phi) is 3.79. The highest BCUT2D eigenvalue weighted by Crippen LogP contribution is 2.19. The van der Waals surface area contributed by atoms with E-state index >= 15 is 0 Å². The number of carboxylic acids is 1. The van der Waals surface area contributed by atoms with E-state index in [0.29, 0.717) is 12.0 Å². The molecule has 0 spiro atoms. The maximum atomic E-state index is 12.3. The fraction of sp³-hybridized carbons (Fsp3) is 0.333. The third-order valence-corrected chi connectivity index (χ3v) is 3.26. The molecular formula is C15H18N2O3. The second-order valence-corrected chi connectivity index (χ2v) is 5.48. The van der Waals surface area contributed by atoms with E-state index in [0.717, 1.165) is 10.9 Å². The molecule has 2 rings (SSSR count). The van der Waals surface area contributed by atoms with E-state index in [1.165, 1.54) is 0 Å². The van der Waals surface area contributed by atoms with Gasteiger partial charge in [-0.2, -0.15) is 0 Å². The van der Waals surface area contributed by atoms with Gasteiger partial charge >= 0.3 is 5.97 Å². The van der Waals surface area contributed by atoms with Crippen LogP contribution in [0.3, 0.4) is 0 Å². The fourth-order valence-corrected chi connectivity index (χ4v) is 2.14. The topological polar surface area (TPSA) is 82.2 Å². The first-order valence-corrected chi connectivity index (χ1v) is 6.49. The number of fused-ring (bicyclic) bond motifs is 1. The van der Waals surface area contributed by atoms with Gasteiger partial charge < -0.3 is 15.4 Å². The quantitative estimate of drug-likeness (QED) is 0.783. The number of carboxylic acid groups (broad SMARTS) is 1. The van der Waals surface area contributed by atoms with Gasteiger partial charge in [0, 0.05) is 34.6 Å². The monoisotopic (exact) mass is 274 g/mol. The van der Waals surface area contributed by atoms with Gasteiger partial charge in [-0.3, -0.25) is 9.59 Å². The summed E-state index contributed by atoms with van der Waals surface area (Å²) in [5.41, 5.74) is 0.932. The summed E-state index contributed by atoms with van der Waals surface area (Å²) < 4.78 is 0. The van der Waals surface area contributed by atoms with Gasteiger partial charge in [0.15, 0.2) is 0 Å². The van der Waals surface area contributed by atoms with Crippen molar-refractivity contribution in [1.82, 2.24) is 10.3 Å². The molecule has 106 valence electrons. The van der Waals surface area contributed by atoms with Gasteiger partial charge in [-0.15, -0.1) is 0 Å². The largest absolute Gasteiger partial charge is 0.481 e. The zero-order valence-electron chi connectivity index (χ0n) is 11.6. The van der Waals surface area contributed by atoms with Crippen LogP contribution in [0.1, 0.15) is 37.0 Å². The number of hydrogen-bond donors (Lipinski definition) is 3. The van der Waals surface area contributed by atoms with E-state index in [-0.39, 0.29) is 12.3 Å². The van der Waals surface area contributed by atoms with E-state index < -0.39 is 11.5 Å². The molecule has 0 atom stereocenters. The molecule has 0 aliphatic heterocycles. The van der Waals surface area contributed by atoms with E-state index in [1.54, 1.807) is 12.3 Å². The van der Waals surface area contributed by atoms with Crippen molar-refractivity contribution in [1.29, 1.82) is 0 Å². The van der Waals surface area contributed by atoms with Crippen molar-refractivity contribution in [3.63, 3.8) is 0 Å². The van der Waals surface area contributed by atoms with Crippen LogP contribution in [-0.2, 0) is 4.79 Å². The predicted molar refractivity (Wildman–Crippen MR) is 76.7 cm³/mol. The van der Waals surface area contributed by atoms with Gasteiger partial charge in [-0.25, -0.2) is 0 Å². The number of aromatic nitrogens is 1. The van der Waals surface area contributed by atoms with Crippen LogP contribution >= 0.6 is 0 Å². The summed E-state index contributed by atoms with van der Waals surface area (Å²) in [6.07, 6.45) is 2.20. The molecule has 1 aromatic carbocycles. The Morgan fingerprint density at radius 2 is 2.05 bits per heavy atom. The lowest BCUT2D eigenvalue weighted by atomic mass is 9.97. The lowest BCUT2D eigenvalue weighted by molar-refractivity contribution is -0.137. The Hall–Kier alpha value is -2.30. The standard InChI is InChI=1S/C15H18N2O3/c1-15(2,8-6-13(18)19)17-14(20)11-4-3-5-12-10(11)7-9-16-12/h3-5,7,9,16H,6,8H2,1-2H3,(H,17,20)(H,18,19). The summed E-state index contributed by atoms with van der Waals surface area (Å²) in [5, 5.41) is 12.5. The summed E-state index contributed by atoms with van der Waals surface area (Å²) in [6, 6.07) is 7.34. The van der Waals surface area contributed by atoms with Crippen LogP contribution in [0.25, 0.3) is 10.9 Å². The Labute approximate surface area is 117 Å². The average molecular weight is 274 g/mol. The van der Waals surface area contributed by atoms with Crippen molar-refractivity contribution in [2.75, 3.05) is 0 Å². The molecule has 20 heavy (non-hydrogen) atoms. The van der Waals surface area contributed by atoms with Gasteiger partial charge in [-0.1, -0.05) is 6.07 Å². The maximum Gasteiger partial charge on any atom is 0.303 e. The smallest absolute Gasteiger partial charge is 0.303 e. The van der Waals surface area contributed by atoms with Crippen LogP contribution in [-0.4, -0.2) is 27.5 Å². The molecule has 2 aromatic rings. The summed E-state index contributed by atoms with van der Waals surface area (Å²) in [5.74, 6) is -1.05. The summed E-state index contributed by atoms with van der Waals surface area (Å²) in [4.78, 5) is 26.0. The molecule has 1 aromatic heterocycles. The van der Waals surface area contributed by atoms with Crippen LogP contribution in [0, 0.1) is 0 Å². The second-order valence-electron chi connectivity index (χ2n) is 5.48. The molecule has 0 unspecified atom stereocenters. The summed E-state index contributed by atoms with van der Waals surface area (Å²) >= 11 is 0. The third-order valence-electron chi connectivity index (χ3n) is 3.26. The molecule has 0 saturated heterocycles. The number of aromatic amines is 1. The number of rotatable bonds is 5. The minimum Gasteiger partial charge on any atom is -0.481 e. The molecule has 0 aliphatic carbocycles. The van der Waals surface area contributed by atoms with Gasteiger partial charge in [0.1, 0.15) is 0 Å². The molecular weight excluding hydrogens is 256 g/mol. The zero-order chi connectivity index (χ0) is 14.8. The highest BCUT2D eigenvalue weighted by Gasteiger charge is 2.23. The van der Waals surface area contributed by atoms with Crippen LogP contribution < -0.4 is 5.32 Å². The molecule has 0 radical (unpaired) electrons. The Bertz CT molecular complexity index is 643. The highest BCUT2D eigenvalue weighted by molar-refractivity contribution is 6.06. The Balaban J connectivity index is 2.15. The molecule has 0 aliphatic rings. The van der Waals surface area contributed by atoms with Crippen LogP contribution in [0.15, 0.2) is 30.5 Å². The van der Waals surface area contributed by atoms with Crippen molar-refractivity contribution in [2.45, 2.75) is 32.2 Å². The number of nitrogens with one attached hydrogen (secondary N) is 2. The average Bonchev–Trinajstić information content (AvgIpc) is 2.83. The SMILES string of the molecule is CC(C)(CCC(=O)O)NC(=O)c1cccc2[nH]ccc12. The first-order valence-electron chi connectivity index (χ1n) is 6.49.